The molecule has 1 aliphatic carbocycles. The van der Waals surface area contributed by atoms with Crippen LogP contribution < -0.4 is 11.1 Å². The molecule has 3 nitrogen and oxygen atoms in total. The number of aromatic nitrogens is 1. The van der Waals surface area contributed by atoms with Crippen molar-refractivity contribution in [2.24, 2.45) is 11.7 Å². The highest BCUT2D eigenvalue weighted by atomic mass is 14.9. The average molecular weight is 261 g/mol. The molecule has 0 atom stereocenters. The molecule has 0 aromatic carbocycles. The molecular formula is C16H27N3. The van der Waals surface area contributed by atoms with Crippen molar-refractivity contribution in [2.45, 2.75) is 51.0 Å². The van der Waals surface area contributed by atoms with E-state index in [4.69, 9.17) is 5.73 Å². The SMILES string of the molecule is CC(C)(CNCC1CCC(N)CC1)c1cccnc1. The van der Waals surface area contributed by atoms with Gasteiger partial charge in [-0.05, 0) is 49.8 Å². The fourth-order valence-corrected chi connectivity index (χ4v) is 2.85. The van der Waals surface area contributed by atoms with E-state index >= 15 is 0 Å². The van der Waals surface area contributed by atoms with Crippen molar-refractivity contribution >= 4 is 0 Å². The first-order valence-electron chi connectivity index (χ1n) is 7.45. The molecule has 1 fully saturated rings. The first-order chi connectivity index (χ1) is 9.08. The third-order valence-electron chi connectivity index (χ3n) is 4.33. The number of hydrogen-bond acceptors (Lipinski definition) is 3. The highest BCUT2D eigenvalue weighted by Gasteiger charge is 2.22. The number of nitrogens with zero attached hydrogens (tertiary/aromatic N) is 1. The predicted octanol–water partition coefficient (Wildman–Crippen LogP) is 2.47. The lowest BCUT2D eigenvalue weighted by Crippen LogP contribution is -2.37. The Morgan fingerprint density at radius 2 is 2.05 bits per heavy atom. The second-order valence-electron chi connectivity index (χ2n) is 6.54. The van der Waals surface area contributed by atoms with Crippen molar-refractivity contribution in [3.8, 4) is 0 Å². The Morgan fingerprint density at radius 1 is 1.32 bits per heavy atom. The molecule has 1 aliphatic rings. The van der Waals surface area contributed by atoms with Gasteiger partial charge in [0.1, 0.15) is 0 Å². The van der Waals surface area contributed by atoms with Crippen LogP contribution in [-0.2, 0) is 5.41 Å². The summed E-state index contributed by atoms with van der Waals surface area (Å²) in [4.78, 5) is 4.22. The van der Waals surface area contributed by atoms with Crippen LogP contribution in [0.25, 0.3) is 0 Å². The summed E-state index contributed by atoms with van der Waals surface area (Å²) >= 11 is 0. The summed E-state index contributed by atoms with van der Waals surface area (Å²) in [5, 5.41) is 3.64. The van der Waals surface area contributed by atoms with Crippen LogP contribution in [-0.4, -0.2) is 24.1 Å². The van der Waals surface area contributed by atoms with Crippen LogP contribution in [0.2, 0.25) is 0 Å². The van der Waals surface area contributed by atoms with E-state index in [1.54, 1.807) is 0 Å². The Kier molecular flexibility index (Phi) is 4.94. The van der Waals surface area contributed by atoms with Gasteiger partial charge in [0.25, 0.3) is 0 Å². The van der Waals surface area contributed by atoms with Crippen LogP contribution in [0.3, 0.4) is 0 Å². The molecule has 106 valence electrons. The molecule has 1 heterocycles. The van der Waals surface area contributed by atoms with Crippen molar-refractivity contribution in [3.05, 3.63) is 30.1 Å². The van der Waals surface area contributed by atoms with Crippen molar-refractivity contribution in [2.75, 3.05) is 13.1 Å². The average Bonchev–Trinajstić information content (AvgIpc) is 2.42. The highest BCUT2D eigenvalue weighted by molar-refractivity contribution is 5.19. The Bertz CT molecular complexity index is 367. The van der Waals surface area contributed by atoms with E-state index in [0.29, 0.717) is 6.04 Å². The normalized spacial score (nSPS) is 24.4. The summed E-state index contributed by atoms with van der Waals surface area (Å²) in [6, 6.07) is 4.62. The largest absolute Gasteiger partial charge is 0.328 e. The van der Waals surface area contributed by atoms with Gasteiger partial charge in [0.05, 0.1) is 0 Å². The zero-order valence-electron chi connectivity index (χ0n) is 12.2. The lowest BCUT2D eigenvalue weighted by Gasteiger charge is -2.29. The van der Waals surface area contributed by atoms with E-state index in [0.717, 1.165) is 19.0 Å². The minimum atomic E-state index is 0.138. The van der Waals surface area contributed by atoms with E-state index in [1.165, 1.54) is 31.2 Å². The number of rotatable bonds is 5. The van der Waals surface area contributed by atoms with E-state index in [-0.39, 0.29) is 5.41 Å². The van der Waals surface area contributed by atoms with Crippen LogP contribution in [0.1, 0.15) is 45.1 Å². The van der Waals surface area contributed by atoms with Gasteiger partial charge in [0.15, 0.2) is 0 Å². The minimum Gasteiger partial charge on any atom is -0.328 e. The summed E-state index contributed by atoms with van der Waals surface area (Å²) in [5.74, 6) is 0.810. The van der Waals surface area contributed by atoms with Gasteiger partial charge in [-0.1, -0.05) is 19.9 Å². The van der Waals surface area contributed by atoms with E-state index in [2.05, 4.69) is 30.2 Å². The molecule has 0 aliphatic heterocycles. The molecule has 0 saturated heterocycles. The van der Waals surface area contributed by atoms with E-state index in [1.807, 2.05) is 18.5 Å². The molecule has 3 N–H and O–H groups in total. The summed E-state index contributed by atoms with van der Waals surface area (Å²) in [6.45, 7) is 6.67. The third kappa shape index (κ3) is 4.29. The zero-order valence-corrected chi connectivity index (χ0v) is 12.2. The summed E-state index contributed by atoms with van der Waals surface area (Å²) in [6.07, 6.45) is 8.75. The Labute approximate surface area is 117 Å². The number of pyridine rings is 1. The van der Waals surface area contributed by atoms with E-state index in [9.17, 15) is 0 Å². The van der Waals surface area contributed by atoms with Gasteiger partial charge in [-0.15, -0.1) is 0 Å². The standard InChI is InChI=1S/C16H27N3/c1-16(2,14-4-3-9-18-11-14)12-19-10-13-5-7-15(17)8-6-13/h3-4,9,11,13,15,19H,5-8,10,12,17H2,1-2H3. The third-order valence-corrected chi connectivity index (χ3v) is 4.33. The quantitative estimate of drug-likeness (QED) is 0.856. The van der Waals surface area contributed by atoms with Gasteiger partial charge < -0.3 is 11.1 Å². The van der Waals surface area contributed by atoms with Crippen LogP contribution >= 0.6 is 0 Å². The molecule has 0 bridgehead atoms. The Hall–Kier alpha value is -0.930. The minimum absolute atomic E-state index is 0.138. The zero-order chi connectivity index (χ0) is 13.7. The van der Waals surface area contributed by atoms with Crippen LogP contribution in [0.15, 0.2) is 24.5 Å². The molecule has 19 heavy (non-hydrogen) atoms. The van der Waals surface area contributed by atoms with Crippen LogP contribution in [0.5, 0.6) is 0 Å². The second-order valence-corrected chi connectivity index (χ2v) is 6.54. The van der Waals surface area contributed by atoms with Crippen LogP contribution in [0, 0.1) is 5.92 Å². The molecule has 0 unspecified atom stereocenters. The fraction of sp³-hybridized carbons (Fsp3) is 0.688. The molecule has 1 saturated carbocycles. The highest BCUT2D eigenvalue weighted by Crippen LogP contribution is 2.24. The molecule has 0 amide bonds. The molecule has 0 spiro atoms. The molecular weight excluding hydrogens is 234 g/mol. The number of nitrogens with two attached hydrogens (primary N) is 1. The maximum Gasteiger partial charge on any atom is 0.0305 e. The van der Waals surface area contributed by atoms with Crippen molar-refractivity contribution in [3.63, 3.8) is 0 Å². The summed E-state index contributed by atoms with van der Waals surface area (Å²) in [5.41, 5.74) is 7.38. The monoisotopic (exact) mass is 261 g/mol. The molecule has 3 heteroatoms. The van der Waals surface area contributed by atoms with Crippen molar-refractivity contribution in [1.82, 2.24) is 10.3 Å². The van der Waals surface area contributed by atoms with Gasteiger partial charge in [-0.25, -0.2) is 0 Å². The number of hydrogen-bond donors (Lipinski definition) is 2. The maximum atomic E-state index is 5.94. The number of nitrogens with one attached hydrogen (secondary N) is 1. The van der Waals surface area contributed by atoms with Gasteiger partial charge in [-0.3, -0.25) is 4.98 Å². The molecule has 0 radical (unpaired) electrons. The lowest BCUT2D eigenvalue weighted by atomic mass is 9.84. The van der Waals surface area contributed by atoms with Gasteiger partial charge >= 0.3 is 0 Å². The molecule has 1 aromatic rings. The predicted molar refractivity (Wildman–Crippen MR) is 80.1 cm³/mol. The first kappa shape index (κ1) is 14.5. The Balaban J connectivity index is 1.76. The van der Waals surface area contributed by atoms with Crippen molar-refractivity contribution in [1.29, 1.82) is 0 Å². The summed E-state index contributed by atoms with van der Waals surface area (Å²) in [7, 11) is 0. The summed E-state index contributed by atoms with van der Waals surface area (Å²) < 4.78 is 0. The topological polar surface area (TPSA) is 50.9 Å². The first-order valence-corrected chi connectivity index (χ1v) is 7.45. The smallest absolute Gasteiger partial charge is 0.0305 e. The van der Waals surface area contributed by atoms with Gasteiger partial charge in [0, 0.05) is 30.4 Å². The second kappa shape index (κ2) is 6.49. The molecule has 1 aromatic heterocycles. The maximum absolute atomic E-state index is 5.94. The van der Waals surface area contributed by atoms with Crippen molar-refractivity contribution < 1.29 is 0 Å². The van der Waals surface area contributed by atoms with Gasteiger partial charge in [-0.2, -0.15) is 0 Å². The lowest BCUT2D eigenvalue weighted by molar-refractivity contribution is 0.306. The molecule has 2 rings (SSSR count). The fourth-order valence-electron chi connectivity index (χ4n) is 2.85. The van der Waals surface area contributed by atoms with Crippen LogP contribution in [0.4, 0.5) is 0 Å². The van der Waals surface area contributed by atoms with E-state index < -0.39 is 0 Å². The van der Waals surface area contributed by atoms with Gasteiger partial charge in [0.2, 0.25) is 0 Å². The Morgan fingerprint density at radius 3 is 2.68 bits per heavy atom.